The molecule has 1 aromatic heterocycles. The maximum atomic E-state index is 13.1. The molecule has 2 aromatic carbocycles. The molecule has 2 aliphatic heterocycles. The standard InChI is InChI=1S/C26H28N4O3.H2/c1-17(2)28-24(31)18-8-10-19(11-9-18)25(32)30-14-12-26(13-15-30)21-16-27-29(3)23(21)20-6-4-5-7-22(20)33-26;/h4-11,16-17H,12-15H2,1-3H3,(H,28,31);1H. The number of carbonyl (C=O) groups is 2. The fourth-order valence-corrected chi connectivity index (χ4v) is 4.84. The van der Waals surface area contributed by atoms with Crippen LogP contribution in [-0.2, 0) is 12.6 Å². The molecule has 0 saturated carbocycles. The molecule has 0 unspecified atom stereocenters. The molecule has 2 amide bonds. The molecule has 3 heterocycles. The van der Waals surface area contributed by atoms with Crippen LogP contribution in [0, 0.1) is 0 Å². The van der Waals surface area contributed by atoms with Crippen molar-refractivity contribution in [2.45, 2.75) is 38.3 Å². The normalized spacial score (nSPS) is 16.2. The van der Waals surface area contributed by atoms with Crippen LogP contribution < -0.4 is 10.1 Å². The summed E-state index contributed by atoms with van der Waals surface area (Å²) in [5.41, 5.74) is 3.90. The highest BCUT2D eigenvalue weighted by molar-refractivity contribution is 5.98. The summed E-state index contributed by atoms with van der Waals surface area (Å²) in [7, 11) is 1.96. The smallest absolute Gasteiger partial charge is 0.253 e. The number of rotatable bonds is 3. The van der Waals surface area contributed by atoms with E-state index in [1.54, 1.807) is 24.3 Å². The van der Waals surface area contributed by atoms with Crippen LogP contribution in [-0.4, -0.2) is 45.6 Å². The van der Waals surface area contributed by atoms with Crippen LogP contribution in [0.1, 0.15) is 54.4 Å². The largest absolute Gasteiger partial charge is 0.482 e. The number of benzene rings is 2. The number of carbonyl (C=O) groups excluding carboxylic acids is 2. The first-order valence-corrected chi connectivity index (χ1v) is 11.4. The lowest BCUT2D eigenvalue weighted by molar-refractivity contribution is -0.00173. The molecule has 0 radical (unpaired) electrons. The molecule has 7 nitrogen and oxygen atoms in total. The second kappa shape index (κ2) is 8.06. The van der Waals surface area contributed by atoms with E-state index in [1.807, 2.05) is 54.9 Å². The number of hydrogen-bond acceptors (Lipinski definition) is 4. The minimum atomic E-state index is -0.479. The summed E-state index contributed by atoms with van der Waals surface area (Å²) in [4.78, 5) is 27.2. The van der Waals surface area contributed by atoms with Crippen LogP contribution in [0.5, 0.6) is 5.75 Å². The van der Waals surface area contributed by atoms with Crippen LogP contribution in [0.2, 0.25) is 0 Å². The Kier molecular flexibility index (Phi) is 5.19. The van der Waals surface area contributed by atoms with Gasteiger partial charge >= 0.3 is 0 Å². The van der Waals surface area contributed by atoms with Crippen LogP contribution in [0.15, 0.2) is 54.7 Å². The number of ether oxygens (including phenoxy) is 1. The van der Waals surface area contributed by atoms with Gasteiger partial charge in [0.15, 0.2) is 0 Å². The maximum absolute atomic E-state index is 13.1. The lowest BCUT2D eigenvalue weighted by Crippen LogP contribution is -2.49. The molecule has 2 aliphatic rings. The SMILES string of the molecule is CC(C)NC(=O)c1ccc(C(=O)N2CCC3(CC2)Oc2ccccc2-c2c3cnn2C)cc1.[HH]. The summed E-state index contributed by atoms with van der Waals surface area (Å²) in [6.07, 6.45) is 3.30. The van der Waals surface area contributed by atoms with Crippen molar-refractivity contribution in [2.75, 3.05) is 13.1 Å². The number of aryl methyl sites for hydroxylation is 1. The Morgan fingerprint density at radius 3 is 2.42 bits per heavy atom. The third-order valence-electron chi connectivity index (χ3n) is 6.55. The van der Waals surface area contributed by atoms with Gasteiger partial charge in [0.2, 0.25) is 0 Å². The van der Waals surface area contributed by atoms with E-state index < -0.39 is 5.60 Å². The number of fused-ring (bicyclic) bond motifs is 4. The highest BCUT2D eigenvalue weighted by atomic mass is 16.5. The number of likely N-dealkylation sites (tertiary alicyclic amines) is 1. The van der Waals surface area contributed by atoms with E-state index in [4.69, 9.17) is 4.74 Å². The molecule has 0 bridgehead atoms. The van der Waals surface area contributed by atoms with Crippen molar-refractivity contribution < 1.29 is 15.8 Å². The highest BCUT2D eigenvalue weighted by Gasteiger charge is 2.45. The Hall–Kier alpha value is -3.61. The van der Waals surface area contributed by atoms with Crippen molar-refractivity contribution in [1.82, 2.24) is 20.0 Å². The van der Waals surface area contributed by atoms with Gasteiger partial charge in [-0.2, -0.15) is 5.10 Å². The van der Waals surface area contributed by atoms with Crippen LogP contribution in [0.3, 0.4) is 0 Å². The second-order valence-electron chi connectivity index (χ2n) is 9.12. The Labute approximate surface area is 194 Å². The molecule has 5 rings (SSSR count). The van der Waals surface area contributed by atoms with Crippen molar-refractivity contribution in [1.29, 1.82) is 0 Å². The Bertz CT molecular complexity index is 1210. The summed E-state index contributed by atoms with van der Waals surface area (Å²) in [5, 5.41) is 7.38. The van der Waals surface area contributed by atoms with Gasteiger partial charge in [0.05, 0.1) is 11.9 Å². The van der Waals surface area contributed by atoms with Gasteiger partial charge in [-0.25, -0.2) is 0 Å². The Morgan fingerprint density at radius 2 is 1.73 bits per heavy atom. The predicted molar refractivity (Wildman–Crippen MR) is 127 cm³/mol. The minimum absolute atomic E-state index is 0. The third-order valence-corrected chi connectivity index (χ3v) is 6.55. The molecule has 3 aromatic rings. The zero-order chi connectivity index (χ0) is 23.2. The number of aromatic nitrogens is 2. The van der Waals surface area contributed by atoms with E-state index in [0.717, 1.165) is 22.6 Å². The average molecular weight is 447 g/mol. The molecular weight excluding hydrogens is 416 g/mol. The molecule has 1 spiro atoms. The number of nitrogens with zero attached hydrogens (tertiary/aromatic N) is 3. The first kappa shape index (κ1) is 21.2. The van der Waals surface area contributed by atoms with Crippen LogP contribution in [0.4, 0.5) is 0 Å². The van der Waals surface area contributed by atoms with E-state index in [9.17, 15) is 9.59 Å². The Morgan fingerprint density at radius 1 is 1.06 bits per heavy atom. The van der Waals surface area contributed by atoms with E-state index in [1.165, 1.54) is 0 Å². The first-order valence-electron chi connectivity index (χ1n) is 11.4. The quantitative estimate of drug-likeness (QED) is 0.660. The molecule has 7 heteroatoms. The number of amides is 2. The van der Waals surface area contributed by atoms with Gasteiger partial charge in [-0.1, -0.05) is 12.1 Å². The second-order valence-corrected chi connectivity index (χ2v) is 9.12. The van der Waals surface area contributed by atoms with Crippen molar-refractivity contribution in [3.63, 3.8) is 0 Å². The van der Waals surface area contributed by atoms with E-state index in [2.05, 4.69) is 16.5 Å². The van der Waals surface area contributed by atoms with Gasteiger partial charge in [0, 0.05) is 62.7 Å². The summed E-state index contributed by atoms with van der Waals surface area (Å²) < 4.78 is 8.48. The fourth-order valence-electron chi connectivity index (χ4n) is 4.84. The van der Waals surface area contributed by atoms with Crippen molar-refractivity contribution >= 4 is 11.8 Å². The van der Waals surface area contributed by atoms with Gasteiger partial charge in [-0.3, -0.25) is 14.3 Å². The fraction of sp³-hybridized carbons (Fsp3) is 0.346. The minimum Gasteiger partial charge on any atom is -0.482 e. The molecule has 172 valence electrons. The molecule has 1 N–H and O–H groups in total. The number of nitrogens with one attached hydrogen (secondary N) is 1. The summed E-state index contributed by atoms with van der Waals surface area (Å²) in [6.45, 7) is 5.01. The van der Waals surface area contributed by atoms with Crippen molar-refractivity contribution in [3.8, 4) is 17.0 Å². The van der Waals surface area contributed by atoms with Gasteiger partial charge in [-0.05, 0) is 50.2 Å². The summed E-state index contributed by atoms with van der Waals surface area (Å²) >= 11 is 0. The molecule has 0 atom stereocenters. The van der Waals surface area contributed by atoms with E-state index >= 15 is 0 Å². The monoisotopic (exact) mass is 446 g/mol. The van der Waals surface area contributed by atoms with Crippen molar-refractivity contribution in [2.24, 2.45) is 7.05 Å². The van der Waals surface area contributed by atoms with Gasteiger partial charge in [0.25, 0.3) is 11.8 Å². The van der Waals surface area contributed by atoms with Gasteiger partial charge in [-0.15, -0.1) is 0 Å². The average Bonchev–Trinajstić information content (AvgIpc) is 3.22. The highest BCUT2D eigenvalue weighted by Crippen LogP contribution is 2.49. The van der Waals surface area contributed by atoms with Gasteiger partial charge in [0.1, 0.15) is 11.4 Å². The van der Waals surface area contributed by atoms with Crippen LogP contribution >= 0.6 is 0 Å². The summed E-state index contributed by atoms with van der Waals surface area (Å²) in [5.74, 6) is 0.706. The first-order chi connectivity index (χ1) is 15.9. The predicted octanol–water partition coefficient (Wildman–Crippen LogP) is 4.00. The molecule has 1 fully saturated rings. The molecular formula is C26H30N4O3. The maximum Gasteiger partial charge on any atom is 0.253 e. The zero-order valence-electron chi connectivity index (χ0n) is 19.2. The zero-order valence-corrected chi connectivity index (χ0v) is 19.2. The van der Waals surface area contributed by atoms with Crippen LogP contribution in [0.25, 0.3) is 11.3 Å². The summed E-state index contributed by atoms with van der Waals surface area (Å²) in [6, 6.07) is 15.0. The third kappa shape index (κ3) is 3.67. The number of piperidine rings is 1. The Balaban J connectivity index is 0.00000274. The van der Waals surface area contributed by atoms with Gasteiger partial charge < -0.3 is 15.0 Å². The molecule has 0 aliphatic carbocycles. The number of hydrogen-bond donors (Lipinski definition) is 1. The number of para-hydroxylation sites is 1. The lowest BCUT2D eigenvalue weighted by atomic mass is 9.81. The molecule has 33 heavy (non-hydrogen) atoms. The lowest BCUT2D eigenvalue weighted by Gasteiger charge is -2.44. The van der Waals surface area contributed by atoms with E-state index in [-0.39, 0.29) is 19.3 Å². The topological polar surface area (TPSA) is 76.5 Å². The van der Waals surface area contributed by atoms with E-state index in [0.29, 0.717) is 37.1 Å². The molecule has 1 saturated heterocycles. The van der Waals surface area contributed by atoms with Crippen molar-refractivity contribution in [3.05, 3.63) is 71.4 Å².